The van der Waals surface area contributed by atoms with Gasteiger partial charge >= 0.3 is 5.97 Å². The Kier molecular flexibility index (Phi) is 4.99. The normalized spacial score (nSPS) is 18.4. The molecule has 3 aromatic rings. The van der Waals surface area contributed by atoms with E-state index < -0.39 is 11.5 Å². The summed E-state index contributed by atoms with van der Waals surface area (Å²) in [5.74, 6) is -0.491. The van der Waals surface area contributed by atoms with Gasteiger partial charge in [0.05, 0.1) is 11.6 Å². The molecule has 0 fully saturated rings. The lowest BCUT2D eigenvalue weighted by molar-refractivity contribution is -0.142. The van der Waals surface area contributed by atoms with Crippen molar-refractivity contribution in [3.05, 3.63) is 65.6 Å². The molecule has 1 aromatic heterocycles. The second-order valence-electron chi connectivity index (χ2n) is 6.76. The molecule has 2 heterocycles. The molecule has 8 heteroatoms. The predicted molar refractivity (Wildman–Crippen MR) is 109 cm³/mol. The molecule has 0 saturated carbocycles. The van der Waals surface area contributed by atoms with Crippen LogP contribution in [0.5, 0.6) is 5.75 Å². The van der Waals surface area contributed by atoms with Crippen LogP contribution in [0.15, 0.2) is 53.5 Å². The fourth-order valence-electron chi connectivity index (χ4n) is 3.20. The number of thioether (sulfide) groups is 1. The van der Waals surface area contributed by atoms with Crippen LogP contribution >= 0.6 is 11.8 Å². The van der Waals surface area contributed by atoms with Gasteiger partial charge in [0.2, 0.25) is 0 Å². The Bertz CT molecular complexity index is 1150. The van der Waals surface area contributed by atoms with E-state index in [9.17, 15) is 14.3 Å². The highest BCUT2D eigenvalue weighted by Crippen LogP contribution is 2.33. The molecule has 146 valence electrons. The monoisotopic (exact) mass is 409 g/mol. The maximum Gasteiger partial charge on any atom is 0.332 e. The summed E-state index contributed by atoms with van der Waals surface area (Å²) in [6.45, 7) is 0.156. The van der Waals surface area contributed by atoms with Gasteiger partial charge in [-0.1, -0.05) is 0 Å². The van der Waals surface area contributed by atoms with Crippen molar-refractivity contribution in [1.29, 1.82) is 5.26 Å². The number of H-pyrrole nitrogens is 1. The van der Waals surface area contributed by atoms with Crippen molar-refractivity contribution < 1.29 is 19.0 Å². The Balaban J connectivity index is 1.50. The summed E-state index contributed by atoms with van der Waals surface area (Å²) in [5.41, 5.74) is 0.548. The first kappa shape index (κ1) is 19.0. The minimum Gasteiger partial charge on any atom is -0.487 e. The van der Waals surface area contributed by atoms with Gasteiger partial charge in [0.25, 0.3) is 0 Å². The van der Waals surface area contributed by atoms with Crippen LogP contribution in [0.2, 0.25) is 0 Å². The molecule has 0 radical (unpaired) electrons. The highest BCUT2D eigenvalue weighted by atomic mass is 32.2. The summed E-state index contributed by atoms with van der Waals surface area (Å²) in [6, 6.07) is 15.0. The molecular formula is C21H16FN3O3S. The first-order valence-corrected chi connectivity index (χ1v) is 9.81. The highest BCUT2D eigenvalue weighted by Gasteiger charge is 2.43. The third-order valence-corrected chi connectivity index (χ3v) is 5.85. The van der Waals surface area contributed by atoms with Gasteiger partial charge in [-0.3, -0.25) is 4.99 Å². The van der Waals surface area contributed by atoms with Gasteiger partial charge in [0, 0.05) is 23.4 Å². The molecule has 1 aliphatic rings. The summed E-state index contributed by atoms with van der Waals surface area (Å²) in [5, 5.41) is 20.1. The number of benzene rings is 2. The summed E-state index contributed by atoms with van der Waals surface area (Å²) in [4.78, 5) is 19.6. The predicted octanol–water partition coefficient (Wildman–Crippen LogP) is 3.77. The van der Waals surface area contributed by atoms with Crippen LogP contribution in [0.25, 0.3) is 10.9 Å². The molecule has 1 aliphatic heterocycles. The summed E-state index contributed by atoms with van der Waals surface area (Å²) in [7, 11) is 0. The quantitative estimate of drug-likeness (QED) is 0.646. The third kappa shape index (κ3) is 3.96. The average molecular weight is 409 g/mol. The van der Waals surface area contributed by atoms with Crippen molar-refractivity contribution in [1.82, 2.24) is 4.98 Å². The van der Waals surface area contributed by atoms with Gasteiger partial charge in [-0.05, 0) is 53.9 Å². The zero-order valence-electron chi connectivity index (χ0n) is 15.2. The van der Waals surface area contributed by atoms with Crippen molar-refractivity contribution >= 4 is 33.7 Å². The van der Waals surface area contributed by atoms with E-state index in [2.05, 4.69) is 9.98 Å². The number of nitrogens with zero attached hydrogens (tertiary/aromatic N) is 2. The maximum absolute atomic E-state index is 13.4. The first-order valence-electron chi connectivity index (χ1n) is 8.82. The van der Waals surface area contributed by atoms with Crippen LogP contribution in [0.3, 0.4) is 0 Å². The van der Waals surface area contributed by atoms with Crippen molar-refractivity contribution in [2.24, 2.45) is 4.99 Å². The number of aromatic nitrogens is 1. The number of aliphatic imine (C=N–C) groups is 1. The van der Waals surface area contributed by atoms with E-state index in [0.29, 0.717) is 27.6 Å². The molecule has 29 heavy (non-hydrogen) atoms. The topological polar surface area (TPSA) is 98.5 Å². The Labute approximate surface area is 170 Å². The molecule has 0 aliphatic carbocycles. The number of aromatic amines is 1. The minimum atomic E-state index is -1.30. The van der Waals surface area contributed by atoms with Crippen LogP contribution in [0.4, 0.5) is 4.39 Å². The fourth-order valence-corrected chi connectivity index (χ4v) is 4.27. The molecule has 0 spiro atoms. The Morgan fingerprint density at radius 3 is 2.83 bits per heavy atom. The minimum absolute atomic E-state index is 0.156. The molecule has 6 nitrogen and oxygen atoms in total. The summed E-state index contributed by atoms with van der Waals surface area (Å²) in [6.07, 6.45) is 0.173. The zero-order valence-corrected chi connectivity index (χ0v) is 16.0. The summed E-state index contributed by atoms with van der Waals surface area (Å²) >= 11 is 1.35. The van der Waals surface area contributed by atoms with Crippen LogP contribution in [-0.2, 0) is 11.2 Å². The average Bonchev–Trinajstić information content (AvgIpc) is 3.31. The molecule has 4 rings (SSSR count). The van der Waals surface area contributed by atoms with Crippen molar-refractivity contribution in [2.45, 2.75) is 12.0 Å². The van der Waals surface area contributed by atoms with Gasteiger partial charge in [-0.15, -0.1) is 11.8 Å². The lowest BCUT2D eigenvalue weighted by Crippen LogP contribution is -2.39. The van der Waals surface area contributed by atoms with E-state index in [0.717, 1.165) is 5.39 Å². The standard InChI is InChI=1S/C21H16FN3O3S/c22-15-4-3-14-7-16(24-18(14)8-15)9-21(20(26)27)12-29-19(25-21)11-28-17-5-1-13(10-23)2-6-17/h1-8,24H,9,11-12H2,(H,26,27). The molecule has 0 amide bonds. The van der Waals surface area contributed by atoms with Gasteiger partial charge in [-0.2, -0.15) is 5.26 Å². The first-order chi connectivity index (χ1) is 14.0. The second kappa shape index (κ2) is 7.60. The molecule has 1 atom stereocenters. The number of carboxylic acid groups (broad SMARTS) is 1. The number of carboxylic acids is 1. The number of nitriles is 1. The lowest BCUT2D eigenvalue weighted by Gasteiger charge is -2.19. The van der Waals surface area contributed by atoms with Crippen LogP contribution in [-0.4, -0.2) is 39.0 Å². The van der Waals surface area contributed by atoms with Crippen molar-refractivity contribution in [2.75, 3.05) is 12.4 Å². The van der Waals surface area contributed by atoms with Crippen LogP contribution < -0.4 is 4.74 Å². The van der Waals surface area contributed by atoms with E-state index in [-0.39, 0.29) is 24.6 Å². The molecule has 2 aromatic carbocycles. The van der Waals surface area contributed by atoms with E-state index in [1.54, 1.807) is 30.3 Å². The fraction of sp³-hybridized carbons (Fsp3) is 0.190. The lowest BCUT2D eigenvalue weighted by atomic mass is 9.96. The van der Waals surface area contributed by atoms with Crippen molar-refractivity contribution in [3.8, 4) is 11.8 Å². The van der Waals surface area contributed by atoms with Crippen LogP contribution in [0.1, 0.15) is 11.3 Å². The molecule has 0 saturated heterocycles. The number of hydrogen-bond acceptors (Lipinski definition) is 5. The molecule has 0 bridgehead atoms. The number of fused-ring (bicyclic) bond motifs is 1. The van der Waals surface area contributed by atoms with E-state index in [1.807, 2.05) is 12.1 Å². The molecule has 1 unspecified atom stereocenters. The Hall–Kier alpha value is -3.31. The smallest absolute Gasteiger partial charge is 0.332 e. The largest absolute Gasteiger partial charge is 0.487 e. The van der Waals surface area contributed by atoms with E-state index in [1.165, 1.54) is 23.9 Å². The number of rotatable bonds is 6. The zero-order chi connectivity index (χ0) is 20.4. The second-order valence-corrected chi connectivity index (χ2v) is 7.81. The number of halogens is 1. The Morgan fingerprint density at radius 1 is 1.31 bits per heavy atom. The van der Waals surface area contributed by atoms with Crippen LogP contribution in [0, 0.1) is 17.1 Å². The third-order valence-electron chi connectivity index (χ3n) is 4.68. The molecular weight excluding hydrogens is 393 g/mol. The molecule has 2 N–H and O–H groups in total. The highest BCUT2D eigenvalue weighted by molar-refractivity contribution is 8.14. The summed E-state index contributed by atoms with van der Waals surface area (Å²) < 4.78 is 19.1. The number of ether oxygens (including phenoxy) is 1. The van der Waals surface area contributed by atoms with Gasteiger partial charge in [0.1, 0.15) is 23.2 Å². The van der Waals surface area contributed by atoms with Crippen molar-refractivity contribution in [3.63, 3.8) is 0 Å². The number of nitrogens with one attached hydrogen (secondary N) is 1. The van der Waals surface area contributed by atoms with E-state index in [4.69, 9.17) is 10.00 Å². The number of aliphatic carboxylic acids is 1. The van der Waals surface area contributed by atoms with E-state index >= 15 is 0 Å². The van der Waals surface area contributed by atoms with Gasteiger partial charge in [-0.25, -0.2) is 9.18 Å². The Morgan fingerprint density at radius 2 is 2.10 bits per heavy atom. The maximum atomic E-state index is 13.4. The number of hydrogen-bond donors (Lipinski definition) is 2. The van der Waals surface area contributed by atoms with Gasteiger partial charge < -0.3 is 14.8 Å². The van der Waals surface area contributed by atoms with Gasteiger partial charge in [0.15, 0.2) is 5.54 Å². The SMILES string of the molecule is N#Cc1ccc(OCC2=NC(Cc3cc4ccc(F)cc4[nH]3)(C(=O)O)CS2)cc1. The number of carbonyl (C=O) groups is 1.